The van der Waals surface area contributed by atoms with Gasteiger partial charge in [0, 0.05) is 0 Å². The lowest BCUT2D eigenvalue weighted by Gasteiger charge is -2.06. The first kappa shape index (κ1) is 12.7. The number of rotatable bonds is 3. The molecule has 2 rings (SSSR count). The Bertz CT molecular complexity index is 627. The first-order chi connectivity index (χ1) is 9.24. The number of hydrogen-bond donors (Lipinski definition) is 0. The maximum atomic E-state index is 11.9. The summed E-state index contributed by atoms with van der Waals surface area (Å²) in [6.45, 7) is 0. The molecule has 0 aliphatic rings. The van der Waals surface area contributed by atoms with Crippen molar-refractivity contribution in [2.75, 3.05) is 7.11 Å². The van der Waals surface area contributed by atoms with Crippen molar-refractivity contribution in [3.63, 3.8) is 0 Å². The lowest BCUT2D eigenvalue weighted by Crippen LogP contribution is -2.09. The topological polar surface area (TPSA) is 59.3 Å². The second-order valence-electron chi connectivity index (χ2n) is 3.73. The number of carbonyl (C=O) groups excluding carboxylic acids is 1. The second kappa shape index (κ2) is 5.69. The van der Waals surface area contributed by atoms with Crippen LogP contribution in [0.3, 0.4) is 0 Å². The van der Waals surface area contributed by atoms with Crippen molar-refractivity contribution < 1.29 is 14.3 Å². The average molecular weight is 253 g/mol. The molecule has 4 nitrogen and oxygen atoms in total. The van der Waals surface area contributed by atoms with Crippen molar-refractivity contribution in [3.05, 3.63) is 59.7 Å². The summed E-state index contributed by atoms with van der Waals surface area (Å²) < 4.78 is 10.2. The monoisotopic (exact) mass is 253 g/mol. The van der Waals surface area contributed by atoms with Crippen LogP contribution >= 0.6 is 0 Å². The number of para-hydroxylation sites is 1. The van der Waals surface area contributed by atoms with Gasteiger partial charge in [-0.2, -0.15) is 5.26 Å². The summed E-state index contributed by atoms with van der Waals surface area (Å²) in [7, 11) is 1.55. The van der Waals surface area contributed by atoms with Crippen LogP contribution in [0.15, 0.2) is 48.5 Å². The molecule has 0 aliphatic carbocycles. The van der Waals surface area contributed by atoms with E-state index >= 15 is 0 Å². The summed E-state index contributed by atoms with van der Waals surface area (Å²) in [5.41, 5.74) is 0.720. The number of benzene rings is 2. The highest BCUT2D eigenvalue weighted by molar-refractivity contribution is 5.91. The number of methoxy groups -OCH3 is 1. The summed E-state index contributed by atoms with van der Waals surface area (Å²) >= 11 is 0. The highest BCUT2D eigenvalue weighted by Crippen LogP contribution is 2.19. The molecule has 0 saturated carbocycles. The van der Waals surface area contributed by atoms with Gasteiger partial charge in [0.2, 0.25) is 0 Å². The zero-order valence-corrected chi connectivity index (χ0v) is 10.3. The van der Waals surface area contributed by atoms with Gasteiger partial charge in [-0.25, -0.2) is 4.79 Å². The van der Waals surface area contributed by atoms with E-state index in [2.05, 4.69) is 0 Å². The molecule has 0 saturated heterocycles. The largest absolute Gasteiger partial charge is 0.497 e. The molecule has 0 atom stereocenters. The molecule has 0 N–H and O–H groups in total. The zero-order chi connectivity index (χ0) is 13.7. The minimum atomic E-state index is -0.509. The van der Waals surface area contributed by atoms with E-state index in [1.807, 2.05) is 6.07 Å². The molecule has 0 unspecified atom stereocenters. The highest BCUT2D eigenvalue weighted by atomic mass is 16.5. The Morgan fingerprint density at radius 3 is 2.42 bits per heavy atom. The van der Waals surface area contributed by atoms with Crippen molar-refractivity contribution >= 4 is 5.97 Å². The molecule has 19 heavy (non-hydrogen) atoms. The van der Waals surface area contributed by atoms with Gasteiger partial charge in [0.15, 0.2) is 0 Å². The normalized spacial score (nSPS) is 9.47. The van der Waals surface area contributed by atoms with Gasteiger partial charge in [0.05, 0.1) is 18.2 Å². The Hall–Kier alpha value is -2.80. The predicted octanol–water partition coefficient (Wildman–Crippen LogP) is 2.79. The number of carbonyl (C=O) groups is 1. The van der Waals surface area contributed by atoms with Crippen LogP contribution in [0.2, 0.25) is 0 Å². The van der Waals surface area contributed by atoms with Crippen molar-refractivity contribution in [1.82, 2.24) is 0 Å². The van der Waals surface area contributed by atoms with Gasteiger partial charge < -0.3 is 9.47 Å². The lowest BCUT2D eigenvalue weighted by molar-refractivity contribution is 0.0734. The van der Waals surface area contributed by atoms with Crippen LogP contribution in [-0.2, 0) is 0 Å². The second-order valence-corrected chi connectivity index (χ2v) is 3.73. The van der Waals surface area contributed by atoms with Gasteiger partial charge in [0.1, 0.15) is 17.6 Å². The van der Waals surface area contributed by atoms with Crippen LogP contribution in [-0.4, -0.2) is 13.1 Å². The average Bonchev–Trinajstić information content (AvgIpc) is 2.48. The number of esters is 1. The van der Waals surface area contributed by atoms with E-state index in [0.717, 1.165) is 0 Å². The van der Waals surface area contributed by atoms with Crippen LogP contribution < -0.4 is 9.47 Å². The van der Waals surface area contributed by atoms with E-state index in [9.17, 15) is 4.79 Å². The van der Waals surface area contributed by atoms with Gasteiger partial charge in [-0.3, -0.25) is 0 Å². The van der Waals surface area contributed by atoms with Crippen LogP contribution in [0.1, 0.15) is 15.9 Å². The summed E-state index contributed by atoms with van der Waals surface area (Å²) in [5, 5.41) is 8.91. The van der Waals surface area contributed by atoms with E-state index in [-0.39, 0.29) is 5.75 Å². The van der Waals surface area contributed by atoms with E-state index in [1.165, 1.54) is 0 Å². The van der Waals surface area contributed by atoms with Crippen LogP contribution in [0.25, 0.3) is 0 Å². The summed E-state index contributed by atoms with van der Waals surface area (Å²) in [4.78, 5) is 11.9. The van der Waals surface area contributed by atoms with Gasteiger partial charge >= 0.3 is 5.97 Å². The standard InChI is InChI=1S/C15H11NO3/c1-18-13-8-6-11(7-9-13)15(17)19-14-5-3-2-4-12(14)10-16/h2-9H,1H3. The molecule has 0 heterocycles. The Morgan fingerprint density at radius 2 is 1.79 bits per heavy atom. The molecule has 0 aliphatic heterocycles. The molecule has 2 aromatic rings. The zero-order valence-electron chi connectivity index (χ0n) is 10.3. The summed E-state index contributed by atoms with van der Waals surface area (Å²) in [6, 6.07) is 15.1. The van der Waals surface area contributed by atoms with Crippen molar-refractivity contribution in [1.29, 1.82) is 5.26 Å². The summed E-state index contributed by atoms with van der Waals surface area (Å²) in [6.07, 6.45) is 0. The van der Waals surface area contributed by atoms with Crippen LogP contribution in [0.4, 0.5) is 0 Å². The minimum Gasteiger partial charge on any atom is -0.497 e. The van der Waals surface area contributed by atoms with E-state index in [4.69, 9.17) is 14.7 Å². The predicted molar refractivity (Wildman–Crippen MR) is 69.1 cm³/mol. The molecule has 4 heteroatoms. The number of nitrogens with zero attached hydrogens (tertiary/aromatic N) is 1. The van der Waals surface area contributed by atoms with E-state index < -0.39 is 5.97 Å². The lowest BCUT2D eigenvalue weighted by atomic mass is 10.2. The minimum absolute atomic E-state index is 0.255. The molecular formula is C15H11NO3. The Balaban J connectivity index is 2.18. The number of hydrogen-bond acceptors (Lipinski definition) is 4. The Kier molecular flexibility index (Phi) is 3.79. The van der Waals surface area contributed by atoms with Crippen molar-refractivity contribution in [2.45, 2.75) is 0 Å². The quantitative estimate of drug-likeness (QED) is 0.623. The molecule has 94 valence electrons. The Labute approximate surface area is 110 Å². The fourth-order valence-electron chi connectivity index (χ4n) is 1.53. The van der Waals surface area contributed by atoms with Crippen LogP contribution in [0, 0.1) is 11.3 Å². The SMILES string of the molecule is COc1ccc(C(=O)Oc2ccccc2C#N)cc1. The molecule has 0 amide bonds. The van der Waals surface area contributed by atoms with Crippen molar-refractivity contribution in [3.8, 4) is 17.6 Å². The fraction of sp³-hybridized carbons (Fsp3) is 0.0667. The highest BCUT2D eigenvalue weighted by Gasteiger charge is 2.11. The van der Waals surface area contributed by atoms with Gasteiger partial charge in [0.25, 0.3) is 0 Å². The maximum absolute atomic E-state index is 11.9. The molecule has 2 aromatic carbocycles. The van der Waals surface area contributed by atoms with E-state index in [0.29, 0.717) is 16.9 Å². The third-order valence-electron chi connectivity index (χ3n) is 2.54. The van der Waals surface area contributed by atoms with Crippen molar-refractivity contribution in [2.24, 2.45) is 0 Å². The van der Waals surface area contributed by atoms with E-state index in [1.54, 1.807) is 55.6 Å². The molecule has 0 fully saturated rings. The van der Waals surface area contributed by atoms with Gasteiger partial charge in [-0.05, 0) is 36.4 Å². The fourth-order valence-corrected chi connectivity index (χ4v) is 1.53. The smallest absolute Gasteiger partial charge is 0.343 e. The third kappa shape index (κ3) is 2.90. The van der Waals surface area contributed by atoms with Gasteiger partial charge in [-0.15, -0.1) is 0 Å². The first-order valence-electron chi connectivity index (χ1n) is 5.60. The summed E-state index contributed by atoms with van der Waals surface area (Å²) in [5.74, 6) is 0.408. The molecule has 0 spiro atoms. The maximum Gasteiger partial charge on any atom is 0.343 e. The third-order valence-corrected chi connectivity index (χ3v) is 2.54. The first-order valence-corrected chi connectivity index (χ1v) is 5.60. The molecule has 0 radical (unpaired) electrons. The molecule has 0 aromatic heterocycles. The van der Waals surface area contributed by atoms with Gasteiger partial charge in [-0.1, -0.05) is 12.1 Å². The molecular weight excluding hydrogens is 242 g/mol. The molecule has 0 bridgehead atoms. The van der Waals surface area contributed by atoms with Crippen LogP contribution in [0.5, 0.6) is 11.5 Å². The number of nitriles is 1. The number of ether oxygens (including phenoxy) is 2. The Morgan fingerprint density at radius 1 is 1.11 bits per heavy atom.